The van der Waals surface area contributed by atoms with Crippen molar-refractivity contribution in [3.05, 3.63) is 23.4 Å². The zero-order valence-electron chi connectivity index (χ0n) is 9.14. The minimum atomic E-state index is -2.81. The number of rotatable bonds is 4. The third-order valence-corrected chi connectivity index (χ3v) is 1.72. The van der Waals surface area contributed by atoms with Crippen LogP contribution >= 0.6 is 0 Å². The Morgan fingerprint density at radius 2 is 2.00 bits per heavy atom. The summed E-state index contributed by atoms with van der Waals surface area (Å²) in [6.45, 7) is 6.22. The van der Waals surface area contributed by atoms with E-state index in [2.05, 4.69) is 4.99 Å². The summed E-state index contributed by atoms with van der Waals surface area (Å²) in [6, 6.07) is 0. The van der Waals surface area contributed by atoms with Gasteiger partial charge in [-0.1, -0.05) is 19.1 Å². The van der Waals surface area contributed by atoms with Crippen molar-refractivity contribution in [2.75, 3.05) is 0 Å². The fourth-order valence-corrected chi connectivity index (χ4v) is 0.961. The molecule has 0 saturated carbocycles. The van der Waals surface area contributed by atoms with Gasteiger partial charge in [-0.05, 0) is 20.3 Å². The first-order valence-corrected chi connectivity index (χ1v) is 4.67. The lowest BCUT2D eigenvalue weighted by atomic mass is 10.1. The molecule has 0 amide bonds. The molecule has 0 unspecified atom stereocenters. The number of hydrogen-bond donors (Lipinski definition) is 0. The Bertz CT molecular complexity index is 257. The lowest BCUT2D eigenvalue weighted by Gasteiger charge is -2.09. The zero-order valence-corrected chi connectivity index (χ0v) is 9.14. The van der Waals surface area contributed by atoms with Crippen molar-refractivity contribution in [3.8, 4) is 0 Å². The van der Waals surface area contributed by atoms with Gasteiger partial charge in [0.25, 0.3) is 5.92 Å². The van der Waals surface area contributed by atoms with Gasteiger partial charge in [0, 0.05) is 24.4 Å². The van der Waals surface area contributed by atoms with E-state index in [0.717, 1.165) is 19.0 Å². The van der Waals surface area contributed by atoms with Crippen molar-refractivity contribution in [1.82, 2.24) is 0 Å². The predicted octanol–water partition coefficient (Wildman–Crippen LogP) is 3.97. The van der Waals surface area contributed by atoms with Crippen LogP contribution in [0.5, 0.6) is 0 Å². The van der Waals surface area contributed by atoms with E-state index in [9.17, 15) is 8.78 Å². The lowest BCUT2D eigenvalue weighted by Crippen LogP contribution is -2.14. The molecule has 0 aliphatic heterocycles. The Kier molecular flexibility index (Phi) is 5.28. The summed E-state index contributed by atoms with van der Waals surface area (Å²) < 4.78 is 25.7. The summed E-state index contributed by atoms with van der Waals surface area (Å²) in [5, 5.41) is 0. The van der Waals surface area contributed by atoms with Crippen LogP contribution in [0.4, 0.5) is 8.78 Å². The van der Waals surface area contributed by atoms with Crippen LogP contribution in [0.3, 0.4) is 0 Å². The number of aliphatic imine (C=N–C) groups is 1. The van der Waals surface area contributed by atoms with Gasteiger partial charge in [-0.3, -0.25) is 4.99 Å². The van der Waals surface area contributed by atoms with Crippen LogP contribution in [0.1, 0.15) is 34.1 Å². The molecule has 0 N–H and O–H groups in total. The van der Waals surface area contributed by atoms with Gasteiger partial charge in [-0.2, -0.15) is 0 Å². The van der Waals surface area contributed by atoms with Crippen LogP contribution in [0.2, 0.25) is 0 Å². The Hall–Kier alpha value is -0.990. The Morgan fingerprint density at radius 1 is 1.43 bits per heavy atom. The highest BCUT2D eigenvalue weighted by Gasteiger charge is 2.24. The summed E-state index contributed by atoms with van der Waals surface area (Å²) in [4.78, 5) is 3.94. The van der Waals surface area contributed by atoms with Crippen LogP contribution < -0.4 is 0 Å². The zero-order chi connectivity index (χ0) is 11.2. The molecule has 0 atom stereocenters. The second kappa shape index (κ2) is 5.68. The van der Waals surface area contributed by atoms with Gasteiger partial charge < -0.3 is 0 Å². The number of allylic oxidation sites excluding steroid dienone is 4. The summed E-state index contributed by atoms with van der Waals surface area (Å²) in [5.74, 6) is -2.81. The molecule has 0 heterocycles. The molecule has 1 nitrogen and oxygen atoms in total. The smallest absolute Gasteiger partial charge is 0.261 e. The Morgan fingerprint density at radius 3 is 2.36 bits per heavy atom. The van der Waals surface area contributed by atoms with E-state index in [1.54, 1.807) is 13.8 Å². The van der Waals surface area contributed by atoms with Crippen molar-refractivity contribution in [2.45, 2.75) is 40.0 Å². The SMILES string of the molecule is C\C=C(/C=N\C(C)=C/CC)C(C)(F)F. The van der Waals surface area contributed by atoms with Crippen LogP contribution in [0, 0.1) is 0 Å². The predicted molar refractivity (Wildman–Crippen MR) is 56.9 cm³/mol. The quantitative estimate of drug-likeness (QED) is 0.610. The van der Waals surface area contributed by atoms with Gasteiger partial charge in [0.15, 0.2) is 0 Å². The van der Waals surface area contributed by atoms with E-state index < -0.39 is 5.92 Å². The molecule has 80 valence electrons. The topological polar surface area (TPSA) is 12.4 Å². The molecule has 0 spiro atoms. The van der Waals surface area contributed by atoms with Crippen LogP contribution in [-0.4, -0.2) is 12.1 Å². The average molecular weight is 201 g/mol. The summed E-state index contributed by atoms with van der Waals surface area (Å²) in [6.07, 6.45) is 5.35. The van der Waals surface area contributed by atoms with Crippen molar-refractivity contribution < 1.29 is 8.78 Å². The Balaban J connectivity index is 4.58. The number of halogens is 2. The number of nitrogens with zero attached hydrogens (tertiary/aromatic N) is 1. The van der Waals surface area contributed by atoms with E-state index in [4.69, 9.17) is 0 Å². The van der Waals surface area contributed by atoms with Crippen LogP contribution in [0.25, 0.3) is 0 Å². The molecule has 0 aliphatic rings. The van der Waals surface area contributed by atoms with Gasteiger partial charge in [0.1, 0.15) is 0 Å². The largest absolute Gasteiger partial charge is 0.271 e. The number of hydrogen-bond acceptors (Lipinski definition) is 1. The van der Waals surface area contributed by atoms with E-state index in [0.29, 0.717) is 0 Å². The summed E-state index contributed by atoms with van der Waals surface area (Å²) >= 11 is 0. The van der Waals surface area contributed by atoms with Gasteiger partial charge in [0.2, 0.25) is 0 Å². The maximum atomic E-state index is 12.8. The lowest BCUT2D eigenvalue weighted by molar-refractivity contribution is 0.0705. The Labute approximate surface area is 84.2 Å². The highest BCUT2D eigenvalue weighted by Crippen LogP contribution is 2.21. The third-order valence-electron chi connectivity index (χ3n) is 1.72. The first kappa shape index (κ1) is 13.0. The molecule has 0 aromatic rings. The maximum absolute atomic E-state index is 12.8. The molecule has 14 heavy (non-hydrogen) atoms. The first-order chi connectivity index (χ1) is 6.41. The maximum Gasteiger partial charge on any atom is 0.271 e. The standard InChI is InChI=1S/C11H17F2N/c1-5-7-9(3)14-8-10(6-2)11(4,12)13/h6-8H,5H2,1-4H3/b9-7-,10-6+,14-8-. The van der Waals surface area contributed by atoms with Crippen molar-refractivity contribution >= 4 is 6.21 Å². The molecular weight excluding hydrogens is 184 g/mol. The first-order valence-electron chi connectivity index (χ1n) is 4.67. The van der Waals surface area contributed by atoms with Crippen molar-refractivity contribution in [3.63, 3.8) is 0 Å². The highest BCUT2D eigenvalue weighted by atomic mass is 19.3. The normalized spacial score (nSPS) is 15.3. The molecule has 0 radical (unpaired) electrons. The van der Waals surface area contributed by atoms with Gasteiger partial charge in [-0.15, -0.1) is 0 Å². The van der Waals surface area contributed by atoms with E-state index in [-0.39, 0.29) is 5.57 Å². The van der Waals surface area contributed by atoms with E-state index in [1.165, 1.54) is 12.3 Å². The molecule has 0 aliphatic carbocycles. The van der Waals surface area contributed by atoms with Gasteiger partial charge in [0.05, 0.1) is 0 Å². The number of alkyl halides is 2. The molecule has 0 saturated heterocycles. The molecule has 3 heteroatoms. The van der Waals surface area contributed by atoms with Gasteiger partial charge in [-0.25, -0.2) is 8.78 Å². The van der Waals surface area contributed by atoms with E-state index in [1.807, 2.05) is 13.0 Å². The third kappa shape index (κ3) is 4.90. The summed E-state index contributed by atoms with van der Waals surface area (Å²) in [5.41, 5.74) is 0.706. The molecule has 0 fully saturated rings. The van der Waals surface area contributed by atoms with Crippen LogP contribution in [-0.2, 0) is 0 Å². The monoisotopic (exact) mass is 201 g/mol. The molecule has 0 aromatic heterocycles. The fraction of sp³-hybridized carbons (Fsp3) is 0.545. The minimum Gasteiger partial charge on any atom is -0.261 e. The molecule has 0 rings (SSSR count). The van der Waals surface area contributed by atoms with E-state index >= 15 is 0 Å². The summed E-state index contributed by atoms with van der Waals surface area (Å²) in [7, 11) is 0. The molecular formula is C11H17F2N. The average Bonchev–Trinajstić information content (AvgIpc) is 2.03. The highest BCUT2D eigenvalue weighted by molar-refractivity contribution is 5.81. The second-order valence-corrected chi connectivity index (χ2v) is 3.14. The van der Waals surface area contributed by atoms with Gasteiger partial charge >= 0.3 is 0 Å². The van der Waals surface area contributed by atoms with Crippen molar-refractivity contribution in [2.24, 2.45) is 4.99 Å². The minimum absolute atomic E-state index is 0.0543. The second-order valence-electron chi connectivity index (χ2n) is 3.14. The fourth-order valence-electron chi connectivity index (χ4n) is 0.961. The molecule has 0 bridgehead atoms. The van der Waals surface area contributed by atoms with Crippen molar-refractivity contribution in [1.29, 1.82) is 0 Å². The molecule has 0 aromatic carbocycles. The van der Waals surface area contributed by atoms with Crippen LogP contribution in [0.15, 0.2) is 28.4 Å².